The van der Waals surface area contributed by atoms with Crippen LogP contribution in [0, 0.1) is 17.3 Å². The van der Waals surface area contributed by atoms with Crippen molar-refractivity contribution >= 4 is 0 Å². The van der Waals surface area contributed by atoms with Crippen LogP contribution in [0.15, 0.2) is 18.2 Å². The number of hydrogen-bond acceptors (Lipinski definition) is 3. The molecule has 3 aliphatic carbocycles. The number of aryl methyl sites for hydroxylation is 1. The van der Waals surface area contributed by atoms with Crippen LogP contribution in [0.5, 0.6) is 5.75 Å². The lowest BCUT2D eigenvalue weighted by molar-refractivity contribution is -0.0798. The molecular formula is C18H24O3. The number of aliphatic hydroxyl groups excluding tert-OH is 2. The Morgan fingerprint density at radius 2 is 1.95 bits per heavy atom. The largest absolute Gasteiger partial charge is 0.508 e. The summed E-state index contributed by atoms with van der Waals surface area (Å²) in [6.07, 6.45) is 4.04. The summed E-state index contributed by atoms with van der Waals surface area (Å²) >= 11 is 0. The van der Waals surface area contributed by atoms with Gasteiger partial charge in [0.2, 0.25) is 0 Å². The van der Waals surface area contributed by atoms with E-state index in [-0.39, 0.29) is 23.5 Å². The second-order valence-electron chi connectivity index (χ2n) is 7.59. The maximum Gasteiger partial charge on any atom is 0.115 e. The Kier molecular flexibility index (Phi) is 2.89. The van der Waals surface area contributed by atoms with Crippen LogP contribution in [0.4, 0.5) is 0 Å². The molecule has 0 bridgehead atoms. The maximum atomic E-state index is 10.8. The predicted octanol–water partition coefficient (Wildman–Crippen LogP) is 2.58. The van der Waals surface area contributed by atoms with Gasteiger partial charge < -0.3 is 15.3 Å². The van der Waals surface area contributed by atoms with E-state index in [0.29, 0.717) is 24.0 Å². The molecule has 2 fully saturated rings. The molecule has 3 nitrogen and oxygen atoms in total. The van der Waals surface area contributed by atoms with Gasteiger partial charge in [0, 0.05) is 5.92 Å². The van der Waals surface area contributed by atoms with Gasteiger partial charge in [0.25, 0.3) is 0 Å². The molecule has 3 heteroatoms. The van der Waals surface area contributed by atoms with Crippen molar-refractivity contribution < 1.29 is 15.3 Å². The summed E-state index contributed by atoms with van der Waals surface area (Å²) in [6.45, 7) is 2.17. The second-order valence-corrected chi connectivity index (χ2v) is 7.59. The van der Waals surface area contributed by atoms with Crippen molar-refractivity contribution in [3.63, 3.8) is 0 Å². The number of benzene rings is 1. The normalized spacial score (nSPS) is 44.8. The van der Waals surface area contributed by atoms with Gasteiger partial charge >= 0.3 is 0 Å². The summed E-state index contributed by atoms with van der Waals surface area (Å²) in [7, 11) is 0. The summed E-state index contributed by atoms with van der Waals surface area (Å²) < 4.78 is 0. The first kappa shape index (κ1) is 13.6. The molecule has 21 heavy (non-hydrogen) atoms. The number of phenols is 1. The number of aliphatic hydroxyl groups is 2. The van der Waals surface area contributed by atoms with Crippen LogP contribution in [0.2, 0.25) is 0 Å². The van der Waals surface area contributed by atoms with Crippen molar-refractivity contribution in [3.05, 3.63) is 29.3 Å². The monoisotopic (exact) mass is 288 g/mol. The van der Waals surface area contributed by atoms with Crippen LogP contribution in [0.3, 0.4) is 0 Å². The zero-order valence-electron chi connectivity index (χ0n) is 12.5. The van der Waals surface area contributed by atoms with Crippen molar-refractivity contribution in [2.45, 2.75) is 57.2 Å². The molecule has 1 unspecified atom stereocenters. The third-order valence-corrected chi connectivity index (χ3v) is 6.63. The lowest BCUT2D eigenvalue weighted by Gasteiger charge is -2.52. The van der Waals surface area contributed by atoms with Crippen LogP contribution in [0.1, 0.15) is 49.7 Å². The first-order valence-corrected chi connectivity index (χ1v) is 8.18. The third-order valence-electron chi connectivity index (χ3n) is 6.63. The Hall–Kier alpha value is -1.06. The minimum atomic E-state index is -0.382. The zero-order chi connectivity index (χ0) is 14.8. The van der Waals surface area contributed by atoms with Crippen LogP contribution in [-0.2, 0) is 6.42 Å². The van der Waals surface area contributed by atoms with Crippen molar-refractivity contribution in [2.24, 2.45) is 17.3 Å². The predicted molar refractivity (Wildman–Crippen MR) is 80.1 cm³/mol. The highest BCUT2D eigenvalue weighted by Crippen LogP contribution is 2.60. The first-order chi connectivity index (χ1) is 10.0. The highest BCUT2D eigenvalue weighted by molar-refractivity contribution is 5.40. The summed E-state index contributed by atoms with van der Waals surface area (Å²) in [4.78, 5) is 0. The zero-order valence-corrected chi connectivity index (χ0v) is 12.5. The van der Waals surface area contributed by atoms with Crippen LogP contribution < -0.4 is 0 Å². The average molecular weight is 288 g/mol. The molecule has 0 radical (unpaired) electrons. The Bertz CT molecular complexity index is 570. The number of hydrogen-bond donors (Lipinski definition) is 3. The molecule has 3 aliphatic rings. The lowest BCUT2D eigenvalue weighted by Crippen LogP contribution is -2.50. The summed E-state index contributed by atoms with van der Waals surface area (Å²) in [6, 6.07) is 5.60. The molecule has 0 heterocycles. The van der Waals surface area contributed by atoms with Crippen molar-refractivity contribution in [1.82, 2.24) is 0 Å². The Morgan fingerprint density at radius 1 is 1.14 bits per heavy atom. The Morgan fingerprint density at radius 3 is 2.76 bits per heavy atom. The molecule has 114 valence electrons. The SMILES string of the molecule is C[C@]12CC(O)[C@@H]3c4ccc(O)cc4CC[C@H]3[C@@H]1CC[C@H]2O. The highest BCUT2D eigenvalue weighted by Gasteiger charge is 2.57. The van der Waals surface area contributed by atoms with Gasteiger partial charge in [-0.15, -0.1) is 0 Å². The quantitative estimate of drug-likeness (QED) is 0.687. The molecular weight excluding hydrogens is 264 g/mol. The fourth-order valence-electron chi connectivity index (χ4n) is 5.62. The lowest BCUT2D eigenvalue weighted by atomic mass is 9.54. The van der Waals surface area contributed by atoms with Gasteiger partial charge in [-0.3, -0.25) is 0 Å². The standard InChI is InChI=1S/C18H24O3/c1-18-9-15(20)17-12-5-3-11(19)8-10(12)2-4-13(17)14(18)6-7-16(18)21/h3,5,8,13-17,19-21H,2,4,6-7,9H2,1H3/t13-,14-,15?,16+,17+,18-/m0/s1. The van der Waals surface area contributed by atoms with Crippen LogP contribution in [0.25, 0.3) is 0 Å². The number of aromatic hydroxyl groups is 1. The van der Waals surface area contributed by atoms with E-state index in [1.54, 1.807) is 6.07 Å². The van der Waals surface area contributed by atoms with Gasteiger partial charge in [0.1, 0.15) is 5.75 Å². The van der Waals surface area contributed by atoms with Gasteiger partial charge in [-0.25, -0.2) is 0 Å². The smallest absolute Gasteiger partial charge is 0.115 e. The van der Waals surface area contributed by atoms with Crippen molar-refractivity contribution in [1.29, 1.82) is 0 Å². The molecule has 0 aromatic heterocycles. The maximum absolute atomic E-state index is 10.8. The van der Waals surface area contributed by atoms with Crippen LogP contribution >= 0.6 is 0 Å². The summed E-state index contributed by atoms with van der Waals surface area (Å²) in [5, 5.41) is 30.8. The van der Waals surface area contributed by atoms with E-state index in [1.165, 1.54) is 11.1 Å². The average Bonchev–Trinajstić information content (AvgIpc) is 2.74. The second kappa shape index (κ2) is 4.47. The third kappa shape index (κ3) is 1.80. The number of fused-ring (bicyclic) bond motifs is 5. The fourth-order valence-corrected chi connectivity index (χ4v) is 5.62. The molecule has 2 saturated carbocycles. The van der Waals surface area contributed by atoms with E-state index < -0.39 is 0 Å². The van der Waals surface area contributed by atoms with Gasteiger partial charge in [0.05, 0.1) is 12.2 Å². The molecule has 4 rings (SSSR count). The number of rotatable bonds is 0. The minimum Gasteiger partial charge on any atom is -0.508 e. The molecule has 1 aromatic rings. The highest BCUT2D eigenvalue weighted by atomic mass is 16.3. The van der Waals surface area contributed by atoms with Crippen molar-refractivity contribution in [3.8, 4) is 5.75 Å². The van der Waals surface area contributed by atoms with Crippen LogP contribution in [-0.4, -0.2) is 27.5 Å². The molecule has 0 aliphatic heterocycles. The van der Waals surface area contributed by atoms with E-state index in [9.17, 15) is 15.3 Å². The Labute approximate surface area is 125 Å². The van der Waals surface area contributed by atoms with E-state index in [4.69, 9.17) is 0 Å². The van der Waals surface area contributed by atoms with E-state index in [0.717, 1.165) is 25.7 Å². The van der Waals surface area contributed by atoms with Gasteiger partial charge in [-0.2, -0.15) is 0 Å². The molecule has 1 aromatic carbocycles. The molecule has 0 saturated heterocycles. The minimum absolute atomic E-state index is 0.116. The summed E-state index contributed by atoms with van der Waals surface area (Å²) in [5.41, 5.74) is 2.30. The van der Waals surface area contributed by atoms with Gasteiger partial charge in [0.15, 0.2) is 0 Å². The molecule has 0 amide bonds. The van der Waals surface area contributed by atoms with Gasteiger partial charge in [-0.1, -0.05) is 13.0 Å². The van der Waals surface area contributed by atoms with Crippen molar-refractivity contribution in [2.75, 3.05) is 0 Å². The van der Waals surface area contributed by atoms with E-state index >= 15 is 0 Å². The Balaban J connectivity index is 1.76. The number of phenolic OH excluding ortho intramolecular Hbond substituents is 1. The topological polar surface area (TPSA) is 60.7 Å². The van der Waals surface area contributed by atoms with E-state index in [1.807, 2.05) is 12.1 Å². The molecule has 6 atom stereocenters. The fraction of sp³-hybridized carbons (Fsp3) is 0.667. The molecule has 3 N–H and O–H groups in total. The van der Waals surface area contributed by atoms with Gasteiger partial charge in [-0.05, 0) is 72.6 Å². The summed E-state index contributed by atoms with van der Waals surface area (Å²) in [5.74, 6) is 1.48. The first-order valence-electron chi connectivity index (χ1n) is 8.18. The molecule has 0 spiro atoms. The van der Waals surface area contributed by atoms with E-state index in [2.05, 4.69) is 6.92 Å².